The fraction of sp³-hybridized carbons (Fsp3) is 0.647. The first-order valence-corrected chi connectivity index (χ1v) is 7.68. The highest BCUT2D eigenvalue weighted by Crippen LogP contribution is 2.26. The molecule has 0 spiro atoms. The van der Waals surface area contributed by atoms with Crippen molar-refractivity contribution in [2.24, 2.45) is 0 Å². The minimum atomic E-state index is -0.471. The van der Waals surface area contributed by atoms with Crippen LogP contribution in [0, 0.1) is 0 Å². The van der Waals surface area contributed by atoms with Crippen molar-refractivity contribution in [2.75, 3.05) is 6.54 Å². The van der Waals surface area contributed by atoms with Crippen LogP contribution in [-0.4, -0.2) is 23.3 Å². The van der Waals surface area contributed by atoms with E-state index in [-0.39, 0.29) is 0 Å². The molecule has 2 nitrogen and oxygen atoms in total. The molecule has 2 rings (SSSR count). The largest absolute Gasteiger partial charge is 0.389 e. The zero-order chi connectivity index (χ0) is 13.6. The van der Waals surface area contributed by atoms with Crippen molar-refractivity contribution in [3.8, 4) is 0 Å². The highest BCUT2D eigenvalue weighted by atomic mass is 16.3. The van der Waals surface area contributed by atoms with E-state index in [1.165, 1.54) is 31.2 Å². The van der Waals surface area contributed by atoms with Crippen LogP contribution in [0.1, 0.15) is 51.0 Å². The van der Waals surface area contributed by atoms with E-state index in [0.717, 1.165) is 25.8 Å². The Hall–Kier alpha value is -0.860. The summed E-state index contributed by atoms with van der Waals surface area (Å²) < 4.78 is 0. The van der Waals surface area contributed by atoms with Crippen LogP contribution in [0.15, 0.2) is 30.3 Å². The van der Waals surface area contributed by atoms with Gasteiger partial charge in [-0.15, -0.1) is 0 Å². The third-order valence-electron chi connectivity index (χ3n) is 4.20. The summed E-state index contributed by atoms with van der Waals surface area (Å²) in [7, 11) is 0. The summed E-state index contributed by atoms with van der Waals surface area (Å²) in [4.78, 5) is 0. The van der Waals surface area contributed by atoms with Gasteiger partial charge in [0, 0.05) is 12.6 Å². The lowest BCUT2D eigenvalue weighted by molar-refractivity contribution is 0.0232. The van der Waals surface area contributed by atoms with E-state index in [2.05, 4.69) is 42.6 Å². The van der Waals surface area contributed by atoms with Crippen LogP contribution in [0.3, 0.4) is 0 Å². The van der Waals surface area contributed by atoms with Gasteiger partial charge in [0.05, 0.1) is 5.60 Å². The smallest absolute Gasteiger partial charge is 0.0771 e. The van der Waals surface area contributed by atoms with Gasteiger partial charge in [-0.05, 0) is 31.7 Å². The van der Waals surface area contributed by atoms with Gasteiger partial charge in [-0.25, -0.2) is 0 Å². The first-order chi connectivity index (χ1) is 9.18. The standard InChI is InChI=1S/C17H27NO/c1-15(13-16-9-5-4-6-10-16)18-14-17(19)11-7-2-3-8-12-17/h4-6,9-10,15,18-19H,2-3,7-8,11-14H2,1H3. The summed E-state index contributed by atoms with van der Waals surface area (Å²) in [6.07, 6.45) is 7.84. The van der Waals surface area contributed by atoms with Crippen molar-refractivity contribution in [3.63, 3.8) is 0 Å². The predicted octanol–water partition coefficient (Wildman–Crippen LogP) is 3.29. The van der Waals surface area contributed by atoms with Gasteiger partial charge in [0.1, 0.15) is 0 Å². The minimum absolute atomic E-state index is 0.412. The average molecular weight is 261 g/mol. The fourth-order valence-corrected chi connectivity index (χ4v) is 2.97. The van der Waals surface area contributed by atoms with Gasteiger partial charge in [0.25, 0.3) is 0 Å². The first kappa shape index (κ1) is 14.5. The van der Waals surface area contributed by atoms with Crippen molar-refractivity contribution in [2.45, 2.75) is 63.5 Å². The van der Waals surface area contributed by atoms with Gasteiger partial charge in [-0.3, -0.25) is 0 Å². The Morgan fingerprint density at radius 3 is 2.37 bits per heavy atom. The Kier molecular flexibility index (Phi) is 5.41. The van der Waals surface area contributed by atoms with E-state index >= 15 is 0 Å². The topological polar surface area (TPSA) is 32.3 Å². The van der Waals surface area contributed by atoms with Gasteiger partial charge in [-0.1, -0.05) is 56.0 Å². The summed E-state index contributed by atoms with van der Waals surface area (Å²) in [6.45, 7) is 2.94. The molecule has 0 aromatic heterocycles. The summed E-state index contributed by atoms with van der Waals surface area (Å²) in [6, 6.07) is 11.0. The predicted molar refractivity (Wildman–Crippen MR) is 80.3 cm³/mol. The van der Waals surface area contributed by atoms with Crippen molar-refractivity contribution >= 4 is 0 Å². The zero-order valence-electron chi connectivity index (χ0n) is 12.1. The molecule has 1 aromatic carbocycles. The molecule has 1 saturated carbocycles. The third-order valence-corrected chi connectivity index (χ3v) is 4.20. The second kappa shape index (κ2) is 7.06. The molecule has 0 heterocycles. The van der Waals surface area contributed by atoms with Crippen LogP contribution in [-0.2, 0) is 6.42 Å². The van der Waals surface area contributed by atoms with Crippen LogP contribution < -0.4 is 5.32 Å². The van der Waals surface area contributed by atoms with Crippen molar-refractivity contribution < 1.29 is 5.11 Å². The Bertz CT molecular complexity index is 355. The van der Waals surface area contributed by atoms with E-state index in [1.54, 1.807) is 0 Å². The number of benzene rings is 1. The Labute approximate surface area is 117 Å². The monoisotopic (exact) mass is 261 g/mol. The van der Waals surface area contributed by atoms with Crippen LogP contribution in [0.5, 0.6) is 0 Å². The van der Waals surface area contributed by atoms with Crippen molar-refractivity contribution in [3.05, 3.63) is 35.9 Å². The maximum atomic E-state index is 10.6. The number of hydrogen-bond donors (Lipinski definition) is 2. The summed E-state index contributed by atoms with van der Waals surface area (Å²) >= 11 is 0. The summed E-state index contributed by atoms with van der Waals surface area (Å²) in [5.74, 6) is 0. The third kappa shape index (κ3) is 4.96. The van der Waals surface area contributed by atoms with E-state index in [9.17, 15) is 5.11 Å². The molecule has 2 N–H and O–H groups in total. The van der Waals surface area contributed by atoms with Gasteiger partial charge < -0.3 is 10.4 Å². The lowest BCUT2D eigenvalue weighted by atomic mass is 9.94. The van der Waals surface area contributed by atoms with Crippen LogP contribution in [0.25, 0.3) is 0 Å². The van der Waals surface area contributed by atoms with Gasteiger partial charge in [0.2, 0.25) is 0 Å². The quantitative estimate of drug-likeness (QED) is 0.797. The molecule has 0 radical (unpaired) electrons. The molecule has 2 heteroatoms. The van der Waals surface area contributed by atoms with Crippen LogP contribution >= 0.6 is 0 Å². The molecule has 0 saturated heterocycles. The van der Waals surface area contributed by atoms with Crippen LogP contribution in [0.2, 0.25) is 0 Å². The molecule has 1 atom stereocenters. The van der Waals surface area contributed by atoms with Gasteiger partial charge in [-0.2, -0.15) is 0 Å². The molecule has 0 amide bonds. The second-order valence-corrected chi connectivity index (χ2v) is 6.11. The second-order valence-electron chi connectivity index (χ2n) is 6.11. The highest BCUT2D eigenvalue weighted by Gasteiger charge is 2.27. The molecular weight excluding hydrogens is 234 g/mol. The maximum absolute atomic E-state index is 10.6. The minimum Gasteiger partial charge on any atom is -0.389 e. The average Bonchev–Trinajstić information content (AvgIpc) is 2.63. The number of hydrogen-bond acceptors (Lipinski definition) is 2. The number of aliphatic hydroxyl groups is 1. The first-order valence-electron chi connectivity index (χ1n) is 7.68. The number of nitrogens with one attached hydrogen (secondary N) is 1. The maximum Gasteiger partial charge on any atom is 0.0771 e. The SMILES string of the molecule is CC(Cc1ccccc1)NCC1(O)CCCCCC1. The Morgan fingerprint density at radius 2 is 1.74 bits per heavy atom. The molecule has 0 bridgehead atoms. The lowest BCUT2D eigenvalue weighted by Gasteiger charge is -2.29. The lowest BCUT2D eigenvalue weighted by Crippen LogP contribution is -2.44. The van der Waals surface area contributed by atoms with Crippen molar-refractivity contribution in [1.29, 1.82) is 0 Å². The molecule has 0 aliphatic heterocycles. The Morgan fingerprint density at radius 1 is 1.11 bits per heavy atom. The van der Waals surface area contributed by atoms with E-state index < -0.39 is 5.60 Å². The van der Waals surface area contributed by atoms with Gasteiger partial charge in [0.15, 0.2) is 0 Å². The molecular formula is C17H27NO. The molecule has 1 aliphatic carbocycles. The van der Waals surface area contributed by atoms with E-state index in [0.29, 0.717) is 6.04 Å². The molecule has 1 unspecified atom stereocenters. The molecule has 1 aliphatic rings. The van der Waals surface area contributed by atoms with Gasteiger partial charge >= 0.3 is 0 Å². The number of rotatable bonds is 5. The summed E-state index contributed by atoms with van der Waals surface area (Å²) in [5, 5.41) is 14.1. The molecule has 19 heavy (non-hydrogen) atoms. The normalized spacial score (nSPS) is 20.7. The van der Waals surface area contributed by atoms with E-state index in [1.807, 2.05) is 0 Å². The highest BCUT2D eigenvalue weighted by molar-refractivity contribution is 5.15. The molecule has 1 fully saturated rings. The van der Waals surface area contributed by atoms with Crippen molar-refractivity contribution in [1.82, 2.24) is 5.32 Å². The van der Waals surface area contributed by atoms with E-state index in [4.69, 9.17) is 0 Å². The Balaban J connectivity index is 1.77. The fourth-order valence-electron chi connectivity index (χ4n) is 2.97. The zero-order valence-corrected chi connectivity index (χ0v) is 12.1. The summed E-state index contributed by atoms with van der Waals surface area (Å²) in [5.41, 5.74) is 0.886. The van der Waals surface area contributed by atoms with Crippen LogP contribution in [0.4, 0.5) is 0 Å². The molecule has 1 aromatic rings. The molecule has 106 valence electrons.